The SMILES string of the molecule is C=C1[C@@H]2CCC(=O)[C@]3(C)CC[C@H](OC(C)=O)C(C)(C)[C@H]3C/C=C(/C2)[C@@H]1O. The van der Waals surface area contributed by atoms with Crippen molar-refractivity contribution in [3.05, 3.63) is 23.8 Å². The molecule has 5 atom stereocenters. The molecule has 2 fully saturated rings. The third-order valence-corrected chi connectivity index (χ3v) is 7.41. The van der Waals surface area contributed by atoms with Crippen LogP contribution in [0.5, 0.6) is 0 Å². The van der Waals surface area contributed by atoms with Crippen LogP contribution in [0, 0.1) is 22.7 Å². The summed E-state index contributed by atoms with van der Waals surface area (Å²) in [6, 6.07) is 0. The molecular weight excluding hydrogens is 328 g/mol. The molecule has 0 aromatic carbocycles. The monoisotopic (exact) mass is 360 g/mol. The summed E-state index contributed by atoms with van der Waals surface area (Å²) in [5, 5.41) is 10.5. The number of esters is 1. The molecule has 1 N–H and O–H groups in total. The van der Waals surface area contributed by atoms with E-state index in [2.05, 4.69) is 33.4 Å². The molecule has 3 aliphatic carbocycles. The van der Waals surface area contributed by atoms with Gasteiger partial charge in [0.2, 0.25) is 0 Å². The first-order valence-electron chi connectivity index (χ1n) is 9.83. The van der Waals surface area contributed by atoms with Gasteiger partial charge in [0.25, 0.3) is 0 Å². The van der Waals surface area contributed by atoms with Crippen LogP contribution in [0.15, 0.2) is 23.8 Å². The van der Waals surface area contributed by atoms with Gasteiger partial charge in [-0.05, 0) is 55.1 Å². The molecule has 0 unspecified atom stereocenters. The number of carbonyl (C=O) groups is 2. The van der Waals surface area contributed by atoms with E-state index in [1.54, 1.807) is 0 Å². The highest BCUT2D eigenvalue weighted by atomic mass is 16.5. The number of Topliss-reactive ketones (excluding diaryl/α,β-unsaturated/α-hetero) is 1. The Labute approximate surface area is 156 Å². The van der Waals surface area contributed by atoms with Crippen LogP contribution in [0.25, 0.3) is 0 Å². The first-order chi connectivity index (χ1) is 12.1. The molecule has 0 heterocycles. The fourth-order valence-corrected chi connectivity index (χ4v) is 5.66. The van der Waals surface area contributed by atoms with E-state index in [4.69, 9.17) is 4.74 Å². The van der Waals surface area contributed by atoms with E-state index in [-0.39, 0.29) is 29.3 Å². The van der Waals surface area contributed by atoms with Crippen molar-refractivity contribution in [3.8, 4) is 0 Å². The average Bonchev–Trinajstić information content (AvgIpc) is 2.82. The zero-order chi connectivity index (χ0) is 19.3. The number of hydrogen-bond donors (Lipinski definition) is 1. The van der Waals surface area contributed by atoms with E-state index in [0.717, 1.165) is 43.3 Å². The highest BCUT2D eigenvalue weighted by molar-refractivity contribution is 5.85. The van der Waals surface area contributed by atoms with Crippen molar-refractivity contribution in [2.24, 2.45) is 22.7 Å². The Kier molecular flexibility index (Phi) is 4.93. The minimum absolute atomic E-state index is 0.0747. The van der Waals surface area contributed by atoms with Crippen molar-refractivity contribution in [3.63, 3.8) is 0 Å². The molecule has 0 saturated heterocycles. The van der Waals surface area contributed by atoms with E-state index in [1.807, 2.05) is 0 Å². The van der Waals surface area contributed by atoms with Crippen molar-refractivity contribution >= 4 is 11.8 Å². The summed E-state index contributed by atoms with van der Waals surface area (Å²) in [7, 11) is 0. The van der Waals surface area contributed by atoms with Crippen LogP contribution in [-0.4, -0.2) is 29.1 Å². The lowest BCUT2D eigenvalue weighted by Crippen LogP contribution is -2.54. The summed E-state index contributed by atoms with van der Waals surface area (Å²) < 4.78 is 5.63. The van der Waals surface area contributed by atoms with E-state index in [1.165, 1.54) is 6.92 Å². The van der Waals surface area contributed by atoms with Gasteiger partial charge in [0, 0.05) is 24.2 Å². The topological polar surface area (TPSA) is 63.6 Å². The minimum atomic E-state index is -0.574. The fourth-order valence-electron chi connectivity index (χ4n) is 5.66. The summed E-state index contributed by atoms with van der Waals surface area (Å²) >= 11 is 0. The number of fused-ring (bicyclic) bond motifs is 3. The number of aliphatic hydroxyl groups excluding tert-OH is 1. The zero-order valence-corrected chi connectivity index (χ0v) is 16.5. The number of ketones is 1. The molecule has 0 aromatic rings. The Morgan fingerprint density at radius 3 is 2.65 bits per heavy atom. The van der Waals surface area contributed by atoms with Crippen LogP contribution >= 0.6 is 0 Å². The van der Waals surface area contributed by atoms with Gasteiger partial charge in [0.15, 0.2) is 0 Å². The standard InChI is InChI=1S/C22H32O4/c1-13-15-7-9-18(24)22(5)11-10-19(26-14(2)23)21(3,4)17(22)8-6-16(12-15)20(13)25/h6,15,17,19-20,25H,1,7-12H2,2-5H3/b16-6-/t15-,17-,19+,20-,22-/m1/s1. The summed E-state index contributed by atoms with van der Waals surface area (Å²) in [5.41, 5.74) is 1.18. The molecule has 0 aromatic heterocycles. The fraction of sp³-hybridized carbons (Fsp3) is 0.727. The van der Waals surface area contributed by atoms with Gasteiger partial charge in [-0.2, -0.15) is 0 Å². The molecule has 0 aliphatic heterocycles. The van der Waals surface area contributed by atoms with Crippen molar-refractivity contribution in [2.45, 2.75) is 78.4 Å². The number of allylic oxidation sites excluding steroid dienone is 1. The zero-order valence-electron chi connectivity index (χ0n) is 16.5. The van der Waals surface area contributed by atoms with Gasteiger partial charge in [-0.1, -0.05) is 33.4 Å². The lowest BCUT2D eigenvalue weighted by atomic mass is 9.52. The largest absolute Gasteiger partial charge is 0.462 e. The second-order valence-electron chi connectivity index (χ2n) is 9.28. The third-order valence-electron chi connectivity index (χ3n) is 7.41. The van der Waals surface area contributed by atoms with Gasteiger partial charge >= 0.3 is 5.97 Å². The highest BCUT2D eigenvalue weighted by Gasteiger charge is 2.55. The molecule has 2 bridgehead atoms. The van der Waals surface area contributed by atoms with Gasteiger partial charge in [0.05, 0.1) is 6.10 Å². The van der Waals surface area contributed by atoms with Gasteiger partial charge in [-0.3, -0.25) is 9.59 Å². The summed E-state index contributed by atoms with van der Waals surface area (Å²) in [5.74, 6) is 0.334. The normalized spacial score (nSPS) is 41.8. The summed E-state index contributed by atoms with van der Waals surface area (Å²) in [6.45, 7) is 11.9. The average molecular weight is 360 g/mol. The van der Waals surface area contributed by atoms with Gasteiger partial charge < -0.3 is 9.84 Å². The van der Waals surface area contributed by atoms with Crippen LogP contribution < -0.4 is 0 Å². The van der Waals surface area contributed by atoms with Crippen LogP contribution in [0.1, 0.15) is 66.2 Å². The second kappa shape index (κ2) is 6.63. The maximum atomic E-state index is 13.2. The molecule has 3 aliphatic rings. The molecule has 144 valence electrons. The van der Waals surface area contributed by atoms with Crippen LogP contribution in [-0.2, 0) is 14.3 Å². The van der Waals surface area contributed by atoms with E-state index < -0.39 is 11.5 Å². The second-order valence-corrected chi connectivity index (χ2v) is 9.28. The maximum Gasteiger partial charge on any atom is 0.302 e. The molecule has 2 saturated carbocycles. The number of hydrogen-bond acceptors (Lipinski definition) is 4. The van der Waals surface area contributed by atoms with Crippen molar-refractivity contribution < 1.29 is 19.4 Å². The number of rotatable bonds is 1. The van der Waals surface area contributed by atoms with E-state index in [0.29, 0.717) is 12.2 Å². The Bertz CT molecular complexity index is 659. The summed E-state index contributed by atoms with van der Waals surface area (Å²) in [4.78, 5) is 24.8. The third kappa shape index (κ3) is 3.06. The molecule has 4 heteroatoms. The van der Waals surface area contributed by atoms with Crippen LogP contribution in [0.3, 0.4) is 0 Å². The highest BCUT2D eigenvalue weighted by Crippen LogP contribution is 2.56. The lowest BCUT2D eigenvalue weighted by molar-refractivity contribution is -0.170. The van der Waals surface area contributed by atoms with Gasteiger partial charge in [0.1, 0.15) is 11.9 Å². The van der Waals surface area contributed by atoms with Crippen molar-refractivity contribution in [1.29, 1.82) is 0 Å². The Morgan fingerprint density at radius 1 is 1.31 bits per heavy atom. The lowest BCUT2D eigenvalue weighted by Gasteiger charge is -2.53. The number of aliphatic hydroxyl groups is 1. The Hall–Kier alpha value is -1.42. The summed E-state index contributed by atoms with van der Waals surface area (Å²) in [6.07, 6.45) is 5.68. The van der Waals surface area contributed by atoms with E-state index >= 15 is 0 Å². The van der Waals surface area contributed by atoms with Crippen molar-refractivity contribution in [1.82, 2.24) is 0 Å². The van der Waals surface area contributed by atoms with Crippen LogP contribution in [0.2, 0.25) is 0 Å². The van der Waals surface area contributed by atoms with Gasteiger partial charge in [-0.25, -0.2) is 0 Å². The molecular formula is C22H32O4. The van der Waals surface area contributed by atoms with Crippen molar-refractivity contribution in [2.75, 3.05) is 0 Å². The predicted molar refractivity (Wildman–Crippen MR) is 100 cm³/mol. The molecule has 4 nitrogen and oxygen atoms in total. The quantitative estimate of drug-likeness (QED) is 0.567. The smallest absolute Gasteiger partial charge is 0.302 e. The maximum absolute atomic E-state index is 13.2. The first-order valence-corrected chi connectivity index (χ1v) is 9.83. The molecule has 0 spiro atoms. The molecule has 0 radical (unpaired) electrons. The first kappa shape index (κ1) is 19.3. The minimum Gasteiger partial charge on any atom is -0.462 e. The predicted octanol–water partition coefficient (Wildman–Crippen LogP) is 3.98. The molecule has 3 rings (SSSR count). The molecule has 0 amide bonds. The van der Waals surface area contributed by atoms with Gasteiger partial charge in [-0.15, -0.1) is 0 Å². The number of ether oxygens (including phenoxy) is 1. The Balaban J connectivity index is 1.99. The van der Waals surface area contributed by atoms with Crippen LogP contribution in [0.4, 0.5) is 0 Å². The molecule has 26 heavy (non-hydrogen) atoms. The Morgan fingerprint density at radius 2 is 2.00 bits per heavy atom. The number of carbonyl (C=O) groups excluding carboxylic acids is 2. The van der Waals surface area contributed by atoms with E-state index in [9.17, 15) is 14.7 Å².